The topological polar surface area (TPSA) is 52.2 Å². The van der Waals surface area contributed by atoms with Gasteiger partial charge in [-0.25, -0.2) is 4.40 Å². The lowest BCUT2D eigenvalue weighted by Crippen LogP contribution is -2.13. The lowest BCUT2D eigenvalue weighted by atomic mass is 10.2. The van der Waals surface area contributed by atoms with E-state index in [0.717, 1.165) is 51.5 Å². The molecule has 166 valence electrons. The summed E-state index contributed by atoms with van der Waals surface area (Å²) in [5.41, 5.74) is 4.01. The van der Waals surface area contributed by atoms with Crippen LogP contribution in [0.4, 0.5) is 0 Å². The maximum atomic E-state index is 13.5. The predicted octanol–water partition coefficient (Wildman–Crippen LogP) is 6.24. The second-order valence-corrected chi connectivity index (χ2v) is 10.9. The minimum Gasteiger partial charge on any atom is -0.300 e. The number of benzene rings is 2. The maximum Gasteiger partial charge on any atom is 0.238 e. The Morgan fingerprint density at radius 2 is 1.85 bits per heavy atom. The first-order chi connectivity index (χ1) is 16.1. The van der Waals surface area contributed by atoms with E-state index in [1.807, 2.05) is 39.3 Å². The fourth-order valence-electron chi connectivity index (χ4n) is 4.36. The molecule has 0 saturated carbocycles. The number of imidazole rings is 1. The van der Waals surface area contributed by atoms with E-state index in [4.69, 9.17) is 23.2 Å². The zero-order chi connectivity index (χ0) is 22.5. The summed E-state index contributed by atoms with van der Waals surface area (Å²) in [5, 5.41) is 10.8. The van der Waals surface area contributed by atoms with E-state index in [9.17, 15) is 4.79 Å². The molecule has 1 aliphatic rings. The minimum atomic E-state index is 0.137. The molecular formula is C24H18Cl2N4OS2. The van der Waals surface area contributed by atoms with Crippen LogP contribution in [0.1, 0.15) is 28.0 Å². The Balaban J connectivity index is 1.50. The number of fused-ring (bicyclic) bond motifs is 4. The summed E-state index contributed by atoms with van der Waals surface area (Å²) in [6.45, 7) is 0.574. The van der Waals surface area contributed by atoms with Crippen molar-refractivity contribution in [3.8, 4) is 0 Å². The van der Waals surface area contributed by atoms with Crippen LogP contribution in [0, 0.1) is 0 Å². The number of rotatable bonds is 5. The van der Waals surface area contributed by atoms with Crippen LogP contribution >= 0.6 is 46.3 Å². The van der Waals surface area contributed by atoms with Gasteiger partial charge in [-0.2, -0.15) is 0 Å². The summed E-state index contributed by atoms with van der Waals surface area (Å²) >= 11 is 15.5. The maximum absolute atomic E-state index is 13.5. The monoisotopic (exact) mass is 512 g/mol. The smallest absolute Gasteiger partial charge is 0.238 e. The largest absolute Gasteiger partial charge is 0.300 e. The van der Waals surface area contributed by atoms with Crippen LogP contribution in [0.5, 0.6) is 0 Å². The number of thioether (sulfide) groups is 1. The third kappa shape index (κ3) is 3.67. The van der Waals surface area contributed by atoms with Gasteiger partial charge in [-0.15, -0.1) is 21.5 Å². The average molecular weight is 513 g/mol. The highest BCUT2D eigenvalue weighted by Gasteiger charge is 2.25. The molecule has 0 amide bonds. The molecule has 3 aromatic heterocycles. The van der Waals surface area contributed by atoms with Gasteiger partial charge in [0.2, 0.25) is 11.2 Å². The lowest BCUT2D eigenvalue weighted by molar-refractivity contribution is 0.836. The normalized spacial score (nSPS) is 13.3. The number of halogens is 2. The molecule has 6 rings (SSSR count). The van der Waals surface area contributed by atoms with E-state index in [1.54, 1.807) is 29.2 Å². The van der Waals surface area contributed by atoms with Gasteiger partial charge in [0.05, 0.1) is 16.6 Å². The zero-order valence-corrected chi connectivity index (χ0v) is 20.6. The van der Waals surface area contributed by atoms with Crippen molar-refractivity contribution in [2.75, 3.05) is 0 Å². The second-order valence-electron chi connectivity index (χ2n) is 8.07. The Morgan fingerprint density at radius 1 is 1.00 bits per heavy atom. The Kier molecular flexibility index (Phi) is 5.45. The van der Waals surface area contributed by atoms with E-state index < -0.39 is 0 Å². The molecule has 2 aromatic carbocycles. The molecular weight excluding hydrogens is 495 g/mol. The van der Waals surface area contributed by atoms with Crippen molar-refractivity contribution in [2.45, 2.75) is 36.7 Å². The first-order valence-electron chi connectivity index (χ1n) is 10.6. The molecule has 0 atom stereocenters. The van der Waals surface area contributed by atoms with E-state index in [0.29, 0.717) is 28.1 Å². The van der Waals surface area contributed by atoms with Crippen LogP contribution in [0.3, 0.4) is 0 Å². The molecule has 0 aliphatic heterocycles. The van der Waals surface area contributed by atoms with Crippen molar-refractivity contribution in [3.05, 3.63) is 90.4 Å². The number of hydrogen-bond acceptors (Lipinski definition) is 5. The van der Waals surface area contributed by atoms with Crippen molar-refractivity contribution >= 4 is 62.4 Å². The molecule has 0 saturated heterocycles. The number of hydrogen-bond donors (Lipinski definition) is 0. The van der Waals surface area contributed by atoms with Crippen molar-refractivity contribution in [3.63, 3.8) is 0 Å². The van der Waals surface area contributed by atoms with Gasteiger partial charge in [0, 0.05) is 16.2 Å². The van der Waals surface area contributed by atoms with Gasteiger partial charge in [-0.1, -0.05) is 71.4 Å². The summed E-state index contributed by atoms with van der Waals surface area (Å²) < 4.78 is 4.07. The molecule has 5 aromatic rings. The second kappa shape index (κ2) is 8.47. The lowest BCUT2D eigenvalue weighted by Gasteiger charge is -2.05. The standard InChI is InChI=1S/C24H18Cl2N4OS2/c25-17-10-9-15(11-18(17)26)13-32-24-28-27-23-29(12-14-5-2-1-3-6-14)20-21(31)16-7-4-8-19(16)33-22(20)30(23)24/h1-3,5-6,9-11H,4,7-8,12-13H2. The van der Waals surface area contributed by atoms with Gasteiger partial charge in [-0.3, -0.25) is 9.36 Å². The minimum absolute atomic E-state index is 0.137. The Hall–Kier alpha value is -2.32. The van der Waals surface area contributed by atoms with Crippen LogP contribution in [-0.2, 0) is 25.1 Å². The third-order valence-electron chi connectivity index (χ3n) is 5.94. The highest BCUT2D eigenvalue weighted by atomic mass is 35.5. The Bertz CT molecular complexity index is 1570. The van der Waals surface area contributed by atoms with Gasteiger partial charge in [-0.05, 0) is 42.5 Å². The van der Waals surface area contributed by atoms with E-state index in [2.05, 4.69) is 22.3 Å². The molecule has 0 radical (unpaired) electrons. The Morgan fingerprint density at radius 3 is 2.67 bits per heavy atom. The van der Waals surface area contributed by atoms with Crippen LogP contribution in [0.25, 0.3) is 16.1 Å². The quantitative estimate of drug-likeness (QED) is 0.261. The molecule has 5 nitrogen and oxygen atoms in total. The SMILES string of the molecule is O=c1c2c(sc3c1n(Cc1ccccc1)c1nnc(SCc4ccc(Cl)c(Cl)c4)n31)CCC2. The fourth-order valence-corrected chi connectivity index (χ4v) is 6.98. The van der Waals surface area contributed by atoms with Crippen LogP contribution < -0.4 is 5.43 Å². The van der Waals surface area contributed by atoms with Gasteiger partial charge in [0.1, 0.15) is 10.3 Å². The predicted molar refractivity (Wildman–Crippen MR) is 136 cm³/mol. The molecule has 0 bridgehead atoms. The van der Waals surface area contributed by atoms with E-state index >= 15 is 0 Å². The van der Waals surface area contributed by atoms with Crippen LogP contribution in [-0.4, -0.2) is 19.2 Å². The molecule has 33 heavy (non-hydrogen) atoms. The van der Waals surface area contributed by atoms with Crippen LogP contribution in [0.2, 0.25) is 10.0 Å². The average Bonchev–Trinajstić information content (AvgIpc) is 3.52. The summed E-state index contributed by atoms with van der Waals surface area (Å²) in [6.07, 6.45) is 2.86. The Labute approximate surface area is 208 Å². The molecule has 0 unspecified atom stereocenters. The number of aromatic nitrogens is 4. The summed E-state index contributed by atoms with van der Waals surface area (Å²) in [7, 11) is 0. The number of aryl methyl sites for hydroxylation is 1. The highest BCUT2D eigenvalue weighted by Crippen LogP contribution is 2.34. The molecule has 0 spiro atoms. The van der Waals surface area contributed by atoms with Crippen molar-refractivity contribution in [2.24, 2.45) is 0 Å². The molecule has 0 N–H and O–H groups in total. The van der Waals surface area contributed by atoms with Crippen molar-refractivity contribution in [1.82, 2.24) is 19.2 Å². The summed E-state index contributed by atoms with van der Waals surface area (Å²) in [5.74, 6) is 1.37. The highest BCUT2D eigenvalue weighted by molar-refractivity contribution is 7.98. The van der Waals surface area contributed by atoms with Gasteiger partial charge >= 0.3 is 0 Å². The van der Waals surface area contributed by atoms with E-state index in [-0.39, 0.29) is 5.43 Å². The van der Waals surface area contributed by atoms with Gasteiger partial charge in [0.15, 0.2) is 5.16 Å². The molecule has 9 heteroatoms. The fraction of sp³-hybridized carbons (Fsp3) is 0.208. The van der Waals surface area contributed by atoms with Crippen molar-refractivity contribution < 1.29 is 0 Å². The zero-order valence-electron chi connectivity index (χ0n) is 17.4. The van der Waals surface area contributed by atoms with Crippen LogP contribution in [0.15, 0.2) is 58.5 Å². The summed E-state index contributed by atoms with van der Waals surface area (Å²) in [4.78, 5) is 15.7. The van der Waals surface area contributed by atoms with Crippen molar-refractivity contribution in [1.29, 1.82) is 0 Å². The molecule has 1 aliphatic carbocycles. The first kappa shape index (κ1) is 21.2. The summed E-state index contributed by atoms with van der Waals surface area (Å²) in [6, 6.07) is 15.8. The molecule has 0 fully saturated rings. The van der Waals surface area contributed by atoms with Gasteiger partial charge in [0.25, 0.3) is 0 Å². The van der Waals surface area contributed by atoms with E-state index in [1.165, 1.54) is 4.88 Å². The first-order valence-corrected chi connectivity index (χ1v) is 13.2. The third-order valence-corrected chi connectivity index (χ3v) is 8.95. The number of nitrogens with zero attached hydrogens (tertiary/aromatic N) is 4. The molecule has 3 heterocycles. The van der Waals surface area contributed by atoms with Gasteiger partial charge < -0.3 is 0 Å².